The van der Waals surface area contributed by atoms with E-state index in [1.807, 2.05) is 0 Å². The normalized spacial score (nSPS) is 18.4. The summed E-state index contributed by atoms with van der Waals surface area (Å²) in [6.45, 7) is 3.79. The van der Waals surface area contributed by atoms with E-state index in [0.717, 1.165) is 24.5 Å². The van der Waals surface area contributed by atoms with Crippen molar-refractivity contribution in [2.45, 2.75) is 25.8 Å². The standard InChI is InChI=1S/C15H19N3S/c1-2-12-10-19-15(17-12)18-8-7-11-5-3-4-6-13(11)14(18)9-16/h3-6,10,14H,2,7-9,16H2,1H3. The number of hydrogen-bond acceptors (Lipinski definition) is 4. The van der Waals surface area contributed by atoms with Crippen molar-refractivity contribution in [3.63, 3.8) is 0 Å². The highest BCUT2D eigenvalue weighted by molar-refractivity contribution is 7.13. The zero-order chi connectivity index (χ0) is 13.2. The van der Waals surface area contributed by atoms with Crippen molar-refractivity contribution < 1.29 is 0 Å². The van der Waals surface area contributed by atoms with Crippen LogP contribution < -0.4 is 10.6 Å². The van der Waals surface area contributed by atoms with Gasteiger partial charge in [0, 0.05) is 18.5 Å². The summed E-state index contributed by atoms with van der Waals surface area (Å²) in [6, 6.07) is 8.90. The molecule has 1 aliphatic rings. The Kier molecular flexibility index (Phi) is 3.53. The third kappa shape index (κ3) is 2.26. The van der Waals surface area contributed by atoms with Crippen LogP contribution in [-0.2, 0) is 12.8 Å². The third-order valence-electron chi connectivity index (χ3n) is 3.78. The van der Waals surface area contributed by atoms with Gasteiger partial charge in [0.25, 0.3) is 0 Å². The summed E-state index contributed by atoms with van der Waals surface area (Å²) in [5, 5.41) is 3.27. The molecular formula is C15H19N3S. The molecule has 3 nitrogen and oxygen atoms in total. The Hall–Kier alpha value is -1.39. The third-order valence-corrected chi connectivity index (χ3v) is 4.71. The minimum Gasteiger partial charge on any atom is -0.339 e. The van der Waals surface area contributed by atoms with Crippen LogP contribution in [0.1, 0.15) is 29.8 Å². The van der Waals surface area contributed by atoms with Gasteiger partial charge in [-0.3, -0.25) is 0 Å². The Morgan fingerprint density at radius 3 is 3.00 bits per heavy atom. The van der Waals surface area contributed by atoms with Gasteiger partial charge in [-0.05, 0) is 24.0 Å². The van der Waals surface area contributed by atoms with E-state index in [4.69, 9.17) is 10.7 Å². The topological polar surface area (TPSA) is 42.1 Å². The molecule has 0 bridgehead atoms. The quantitative estimate of drug-likeness (QED) is 0.935. The molecule has 0 amide bonds. The molecule has 1 unspecified atom stereocenters. The van der Waals surface area contributed by atoms with Gasteiger partial charge in [-0.25, -0.2) is 4.98 Å². The van der Waals surface area contributed by atoms with Gasteiger partial charge in [-0.15, -0.1) is 11.3 Å². The summed E-state index contributed by atoms with van der Waals surface area (Å²) in [7, 11) is 0. The highest BCUT2D eigenvalue weighted by Crippen LogP contribution is 2.34. The smallest absolute Gasteiger partial charge is 0.186 e. The summed E-state index contributed by atoms with van der Waals surface area (Å²) < 4.78 is 0. The van der Waals surface area contributed by atoms with Gasteiger partial charge in [0.1, 0.15) is 0 Å². The minimum atomic E-state index is 0.265. The first-order valence-corrected chi connectivity index (χ1v) is 7.70. The Bertz CT molecular complexity index is 564. The first-order valence-electron chi connectivity index (χ1n) is 6.82. The molecule has 2 heterocycles. The molecular weight excluding hydrogens is 254 g/mol. The number of benzene rings is 1. The van der Waals surface area contributed by atoms with Crippen LogP contribution in [0.25, 0.3) is 0 Å². The van der Waals surface area contributed by atoms with Crippen molar-refractivity contribution in [2.24, 2.45) is 5.73 Å². The van der Waals surface area contributed by atoms with Crippen molar-refractivity contribution in [1.29, 1.82) is 0 Å². The summed E-state index contributed by atoms with van der Waals surface area (Å²) in [5.41, 5.74) is 9.99. The molecule has 0 radical (unpaired) electrons. The Morgan fingerprint density at radius 2 is 2.26 bits per heavy atom. The van der Waals surface area contributed by atoms with Crippen LogP contribution in [0.15, 0.2) is 29.6 Å². The lowest BCUT2D eigenvalue weighted by molar-refractivity contribution is 0.588. The predicted octanol–water partition coefficient (Wildman–Crippen LogP) is 2.77. The van der Waals surface area contributed by atoms with E-state index in [2.05, 4.69) is 41.5 Å². The molecule has 1 aliphatic heterocycles. The number of aromatic nitrogens is 1. The van der Waals surface area contributed by atoms with Gasteiger partial charge in [0.15, 0.2) is 5.13 Å². The van der Waals surface area contributed by atoms with Gasteiger partial charge < -0.3 is 10.6 Å². The second-order valence-corrected chi connectivity index (χ2v) is 5.71. The molecule has 1 atom stereocenters. The lowest BCUT2D eigenvalue weighted by Gasteiger charge is -2.36. The fourth-order valence-corrected chi connectivity index (χ4v) is 3.71. The fraction of sp³-hybridized carbons (Fsp3) is 0.400. The van der Waals surface area contributed by atoms with Gasteiger partial charge in [0.05, 0.1) is 11.7 Å². The van der Waals surface area contributed by atoms with Crippen LogP contribution in [0.2, 0.25) is 0 Å². The number of nitrogens with two attached hydrogens (primary N) is 1. The van der Waals surface area contributed by atoms with Crippen LogP contribution >= 0.6 is 11.3 Å². The van der Waals surface area contributed by atoms with Gasteiger partial charge in [-0.1, -0.05) is 31.2 Å². The molecule has 2 aromatic rings. The summed E-state index contributed by atoms with van der Waals surface area (Å²) in [6.07, 6.45) is 2.07. The molecule has 0 fully saturated rings. The van der Waals surface area contributed by atoms with Crippen LogP contribution in [-0.4, -0.2) is 18.1 Å². The summed E-state index contributed by atoms with van der Waals surface area (Å²) in [4.78, 5) is 7.08. The number of fused-ring (bicyclic) bond motifs is 1. The number of nitrogens with zero attached hydrogens (tertiary/aromatic N) is 2. The summed E-state index contributed by atoms with van der Waals surface area (Å²) in [5.74, 6) is 0. The zero-order valence-electron chi connectivity index (χ0n) is 11.2. The second kappa shape index (κ2) is 5.31. The monoisotopic (exact) mass is 273 g/mol. The number of hydrogen-bond donors (Lipinski definition) is 1. The lowest BCUT2D eigenvalue weighted by Crippen LogP contribution is -2.39. The van der Waals surface area contributed by atoms with Gasteiger partial charge in [0.2, 0.25) is 0 Å². The van der Waals surface area contributed by atoms with Crippen molar-refractivity contribution >= 4 is 16.5 Å². The first kappa shape index (κ1) is 12.6. The lowest BCUT2D eigenvalue weighted by atomic mass is 9.93. The maximum absolute atomic E-state index is 6.02. The molecule has 100 valence electrons. The molecule has 4 heteroatoms. The average molecular weight is 273 g/mol. The first-order chi connectivity index (χ1) is 9.33. The van der Waals surface area contributed by atoms with E-state index < -0.39 is 0 Å². The van der Waals surface area contributed by atoms with Crippen molar-refractivity contribution in [1.82, 2.24) is 4.98 Å². The minimum absolute atomic E-state index is 0.265. The number of aryl methyl sites for hydroxylation is 1. The maximum atomic E-state index is 6.02. The molecule has 19 heavy (non-hydrogen) atoms. The molecule has 0 saturated heterocycles. The zero-order valence-corrected chi connectivity index (χ0v) is 12.0. The fourth-order valence-electron chi connectivity index (χ4n) is 2.73. The van der Waals surface area contributed by atoms with Gasteiger partial charge >= 0.3 is 0 Å². The van der Waals surface area contributed by atoms with E-state index in [-0.39, 0.29) is 6.04 Å². The number of thiazole rings is 1. The average Bonchev–Trinajstić information content (AvgIpc) is 2.94. The molecule has 1 aromatic heterocycles. The van der Waals surface area contributed by atoms with Crippen LogP contribution in [0.3, 0.4) is 0 Å². The highest BCUT2D eigenvalue weighted by atomic mass is 32.1. The van der Waals surface area contributed by atoms with E-state index >= 15 is 0 Å². The van der Waals surface area contributed by atoms with E-state index in [9.17, 15) is 0 Å². The molecule has 3 rings (SSSR count). The van der Waals surface area contributed by atoms with Crippen molar-refractivity contribution in [3.05, 3.63) is 46.5 Å². The Balaban J connectivity index is 1.95. The van der Waals surface area contributed by atoms with Gasteiger partial charge in [-0.2, -0.15) is 0 Å². The maximum Gasteiger partial charge on any atom is 0.186 e. The largest absolute Gasteiger partial charge is 0.339 e. The van der Waals surface area contributed by atoms with Crippen LogP contribution in [0.5, 0.6) is 0 Å². The molecule has 0 aliphatic carbocycles. The Morgan fingerprint density at radius 1 is 1.42 bits per heavy atom. The predicted molar refractivity (Wildman–Crippen MR) is 80.8 cm³/mol. The Labute approximate surface area is 118 Å². The van der Waals surface area contributed by atoms with E-state index in [1.54, 1.807) is 11.3 Å². The summed E-state index contributed by atoms with van der Waals surface area (Å²) >= 11 is 1.73. The van der Waals surface area contributed by atoms with E-state index in [0.29, 0.717) is 6.54 Å². The van der Waals surface area contributed by atoms with Crippen LogP contribution in [0, 0.1) is 0 Å². The molecule has 0 saturated carbocycles. The van der Waals surface area contributed by atoms with E-state index in [1.165, 1.54) is 16.8 Å². The van der Waals surface area contributed by atoms with Crippen LogP contribution in [0.4, 0.5) is 5.13 Å². The SMILES string of the molecule is CCc1csc(N2CCc3ccccc3C2CN)n1. The number of anilines is 1. The molecule has 2 N–H and O–H groups in total. The second-order valence-electron chi connectivity index (χ2n) is 4.87. The van der Waals surface area contributed by atoms with Crippen molar-refractivity contribution in [3.8, 4) is 0 Å². The molecule has 0 spiro atoms. The highest BCUT2D eigenvalue weighted by Gasteiger charge is 2.27. The molecule has 1 aromatic carbocycles. The van der Waals surface area contributed by atoms with Crippen molar-refractivity contribution in [2.75, 3.05) is 18.0 Å². The number of rotatable bonds is 3.